The zero-order valence-corrected chi connectivity index (χ0v) is 16.7. The highest BCUT2D eigenvalue weighted by molar-refractivity contribution is 7.93. The van der Waals surface area contributed by atoms with Crippen LogP contribution in [0.15, 0.2) is 69.9 Å². The number of halogens is 1. The Morgan fingerprint density at radius 3 is 2.37 bits per heavy atom. The monoisotopic (exact) mass is 414 g/mol. The van der Waals surface area contributed by atoms with Crippen LogP contribution in [-0.2, 0) is 9.84 Å². The average molecular weight is 415 g/mol. The van der Waals surface area contributed by atoms with Crippen molar-refractivity contribution in [2.75, 3.05) is 5.73 Å². The van der Waals surface area contributed by atoms with Crippen LogP contribution in [0.2, 0.25) is 5.02 Å². The van der Waals surface area contributed by atoms with Gasteiger partial charge in [0.25, 0.3) is 0 Å². The van der Waals surface area contributed by atoms with Crippen LogP contribution in [0.25, 0.3) is 21.3 Å². The first-order chi connectivity index (χ1) is 12.9. The standard InChI is InChI=1S/C20H15ClN2O2S2/c1-12-2-8-16(9-3-12)27(24,25)20-18(13-4-6-14(21)7-5-13)17-10-15(22)11-23-19(17)26-20/h2-11H,22H2,1H3. The van der Waals surface area contributed by atoms with Crippen molar-refractivity contribution in [1.82, 2.24) is 4.98 Å². The lowest BCUT2D eigenvalue weighted by Crippen LogP contribution is -2.01. The molecule has 2 aromatic carbocycles. The fourth-order valence-electron chi connectivity index (χ4n) is 2.88. The number of pyridine rings is 1. The van der Waals surface area contributed by atoms with Crippen molar-refractivity contribution in [3.63, 3.8) is 0 Å². The van der Waals surface area contributed by atoms with E-state index in [1.54, 1.807) is 54.6 Å². The van der Waals surface area contributed by atoms with Gasteiger partial charge in [0.2, 0.25) is 9.84 Å². The van der Waals surface area contributed by atoms with E-state index < -0.39 is 9.84 Å². The summed E-state index contributed by atoms with van der Waals surface area (Å²) in [5, 5.41) is 1.30. The molecule has 7 heteroatoms. The number of hydrogen-bond acceptors (Lipinski definition) is 5. The molecule has 2 aromatic heterocycles. The third kappa shape index (κ3) is 3.20. The van der Waals surface area contributed by atoms with Gasteiger partial charge in [-0.25, -0.2) is 13.4 Å². The summed E-state index contributed by atoms with van der Waals surface area (Å²) in [5.41, 5.74) is 8.75. The lowest BCUT2D eigenvalue weighted by Gasteiger charge is -2.08. The summed E-state index contributed by atoms with van der Waals surface area (Å²) in [6.45, 7) is 1.92. The van der Waals surface area contributed by atoms with Gasteiger partial charge < -0.3 is 5.73 Å². The summed E-state index contributed by atoms with van der Waals surface area (Å²) in [4.78, 5) is 5.21. The first kappa shape index (κ1) is 18.0. The molecule has 0 amide bonds. The highest BCUT2D eigenvalue weighted by Gasteiger charge is 2.27. The van der Waals surface area contributed by atoms with E-state index in [4.69, 9.17) is 17.3 Å². The van der Waals surface area contributed by atoms with E-state index in [1.807, 2.05) is 6.92 Å². The Kier molecular flexibility index (Phi) is 4.42. The number of benzene rings is 2. The number of nitrogens with zero attached hydrogens (tertiary/aromatic N) is 1. The molecule has 4 aromatic rings. The topological polar surface area (TPSA) is 73.0 Å². The zero-order valence-electron chi connectivity index (χ0n) is 14.3. The molecule has 0 unspecified atom stereocenters. The van der Waals surface area contributed by atoms with E-state index in [-0.39, 0.29) is 9.10 Å². The molecule has 0 aliphatic carbocycles. The maximum Gasteiger partial charge on any atom is 0.216 e. The van der Waals surface area contributed by atoms with Gasteiger partial charge in [0.1, 0.15) is 9.04 Å². The van der Waals surface area contributed by atoms with Gasteiger partial charge >= 0.3 is 0 Å². The number of hydrogen-bond donors (Lipinski definition) is 1. The van der Waals surface area contributed by atoms with Gasteiger partial charge in [-0.1, -0.05) is 41.4 Å². The van der Waals surface area contributed by atoms with Gasteiger partial charge in [0.15, 0.2) is 0 Å². The van der Waals surface area contributed by atoms with E-state index in [2.05, 4.69) is 4.98 Å². The van der Waals surface area contributed by atoms with Crippen LogP contribution in [0.3, 0.4) is 0 Å². The van der Waals surface area contributed by atoms with Crippen molar-refractivity contribution in [2.45, 2.75) is 16.0 Å². The summed E-state index contributed by atoms with van der Waals surface area (Å²) >= 11 is 7.16. The first-order valence-corrected chi connectivity index (χ1v) is 10.8. The number of aryl methyl sites for hydroxylation is 1. The molecule has 4 nitrogen and oxygen atoms in total. The molecular formula is C20H15ClN2O2S2. The Bertz CT molecular complexity index is 1250. The van der Waals surface area contributed by atoms with E-state index in [0.29, 0.717) is 26.5 Å². The molecule has 0 fully saturated rings. The van der Waals surface area contributed by atoms with Crippen molar-refractivity contribution in [1.29, 1.82) is 0 Å². The number of sulfone groups is 1. The van der Waals surface area contributed by atoms with Crippen molar-refractivity contribution in [3.8, 4) is 11.1 Å². The van der Waals surface area contributed by atoms with Crippen LogP contribution in [0.1, 0.15) is 5.56 Å². The predicted molar refractivity (Wildman–Crippen MR) is 111 cm³/mol. The molecule has 0 saturated heterocycles. The summed E-state index contributed by atoms with van der Waals surface area (Å²) in [7, 11) is -3.71. The fraction of sp³-hybridized carbons (Fsp3) is 0.0500. The van der Waals surface area contributed by atoms with Gasteiger partial charge in [-0.3, -0.25) is 0 Å². The van der Waals surface area contributed by atoms with Crippen LogP contribution >= 0.6 is 22.9 Å². The SMILES string of the molecule is Cc1ccc(S(=O)(=O)c2sc3ncc(N)cc3c2-c2ccc(Cl)cc2)cc1. The van der Waals surface area contributed by atoms with Crippen LogP contribution in [0, 0.1) is 6.92 Å². The Morgan fingerprint density at radius 1 is 1.04 bits per heavy atom. The fourth-order valence-corrected chi connectivity index (χ4v) is 6.06. The lowest BCUT2D eigenvalue weighted by atomic mass is 10.1. The normalized spacial score (nSPS) is 11.8. The first-order valence-electron chi connectivity index (χ1n) is 8.12. The Hall–Kier alpha value is -2.41. The Balaban J connectivity index is 2.04. The molecular weight excluding hydrogens is 400 g/mol. The minimum absolute atomic E-state index is 0.252. The third-order valence-electron chi connectivity index (χ3n) is 4.24. The van der Waals surface area contributed by atoms with Crippen molar-refractivity contribution in [3.05, 3.63) is 71.4 Å². The molecule has 0 aliphatic rings. The van der Waals surface area contributed by atoms with E-state index >= 15 is 0 Å². The predicted octanol–water partition coefficient (Wildman–Crippen LogP) is 5.34. The van der Waals surface area contributed by atoms with Gasteiger partial charge in [0, 0.05) is 16.0 Å². The number of fused-ring (bicyclic) bond motifs is 1. The number of anilines is 1. The van der Waals surface area contributed by atoms with Crippen molar-refractivity contribution >= 4 is 48.7 Å². The molecule has 0 spiro atoms. The molecule has 27 heavy (non-hydrogen) atoms. The number of rotatable bonds is 3. The maximum absolute atomic E-state index is 13.4. The highest BCUT2D eigenvalue weighted by Crippen LogP contribution is 2.43. The van der Waals surface area contributed by atoms with Crippen LogP contribution in [-0.4, -0.2) is 13.4 Å². The van der Waals surface area contributed by atoms with E-state index in [0.717, 1.165) is 22.5 Å². The van der Waals surface area contributed by atoms with Crippen molar-refractivity contribution < 1.29 is 8.42 Å². The van der Waals surface area contributed by atoms with Gasteiger partial charge in [-0.2, -0.15) is 0 Å². The number of nitrogen functional groups attached to an aromatic ring is 1. The van der Waals surface area contributed by atoms with Gasteiger partial charge in [0.05, 0.1) is 16.8 Å². The minimum Gasteiger partial charge on any atom is -0.397 e. The Labute approximate surface area is 166 Å². The number of thiophene rings is 1. The zero-order chi connectivity index (χ0) is 19.2. The van der Waals surface area contributed by atoms with E-state index in [9.17, 15) is 8.42 Å². The molecule has 2 N–H and O–H groups in total. The van der Waals surface area contributed by atoms with E-state index in [1.165, 1.54) is 6.20 Å². The Morgan fingerprint density at radius 2 is 1.70 bits per heavy atom. The number of nitrogens with two attached hydrogens (primary N) is 1. The molecule has 136 valence electrons. The molecule has 0 aliphatic heterocycles. The highest BCUT2D eigenvalue weighted by atomic mass is 35.5. The lowest BCUT2D eigenvalue weighted by molar-refractivity contribution is 0.598. The van der Waals surface area contributed by atoms with Crippen LogP contribution in [0.4, 0.5) is 5.69 Å². The van der Waals surface area contributed by atoms with Gasteiger partial charge in [-0.05, 0) is 42.8 Å². The molecule has 0 radical (unpaired) electrons. The maximum atomic E-state index is 13.4. The summed E-state index contributed by atoms with van der Waals surface area (Å²) in [5.74, 6) is 0. The van der Waals surface area contributed by atoms with Crippen LogP contribution in [0.5, 0.6) is 0 Å². The molecule has 4 rings (SSSR count). The third-order valence-corrected chi connectivity index (χ3v) is 7.90. The van der Waals surface area contributed by atoms with Crippen LogP contribution < -0.4 is 5.73 Å². The average Bonchev–Trinajstić information content (AvgIpc) is 3.02. The quantitative estimate of drug-likeness (QED) is 0.491. The second kappa shape index (κ2) is 6.64. The summed E-state index contributed by atoms with van der Waals surface area (Å²) < 4.78 is 27.0. The molecule has 2 heterocycles. The largest absolute Gasteiger partial charge is 0.397 e. The number of aromatic nitrogens is 1. The molecule has 0 saturated carbocycles. The smallest absolute Gasteiger partial charge is 0.216 e. The molecule has 0 bridgehead atoms. The van der Waals surface area contributed by atoms with Gasteiger partial charge in [-0.15, -0.1) is 11.3 Å². The van der Waals surface area contributed by atoms with Crippen molar-refractivity contribution in [2.24, 2.45) is 0 Å². The minimum atomic E-state index is -3.71. The molecule has 0 atom stereocenters. The second-order valence-electron chi connectivity index (χ2n) is 6.21. The summed E-state index contributed by atoms with van der Waals surface area (Å²) in [6, 6.07) is 15.7. The summed E-state index contributed by atoms with van der Waals surface area (Å²) in [6.07, 6.45) is 1.53. The second-order valence-corrected chi connectivity index (χ2v) is 9.79.